The lowest BCUT2D eigenvalue weighted by Gasteiger charge is -2.10. The monoisotopic (exact) mass is 383 g/mol. The summed E-state index contributed by atoms with van der Waals surface area (Å²) in [6.07, 6.45) is 0. The number of amides is 1. The highest BCUT2D eigenvalue weighted by Gasteiger charge is 2.16. The molecule has 0 saturated carbocycles. The van der Waals surface area contributed by atoms with Crippen LogP contribution < -0.4 is 5.32 Å². The Bertz CT molecular complexity index is 679. The van der Waals surface area contributed by atoms with Crippen molar-refractivity contribution in [3.63, 3.8) is 0 Å². The maximum atomic E-state index is 12.2. The van der Waals surface area contributed by atoms with Gasteiger partial charge < -0.3 is 4.74 Å². The molecule has 24 heavy (non-hydrogen) atoms. The van der Waals surface area contributed by atoms with Crippen LogP contribution in [-0.2, 0) is 20.1 Å². The highest BCUT2D eigenvalue weighted by molar-refractivity contribution is 8.01. The molecule has 9 heteroatoms. The first-order chi connectivity index (χ1) is 11.6. The summed E-state index contributed by atoms with van der Waals surface area (Å²) >= 11 is 4.03. The van der Waals surface area contributed by atoms with Gasteiger partial charge >= 0.3 is 5.97 Å². The lowest BCUT2D eigenvalue weighted by Crippen LogP contribution is -2.22. The van der Waals surface area contributed by atoms with E-state index in [1.165, 1.54) is 35.8 Å². The Morgan fingerprint density at radius 3 is 2.75 bits per heavy atom. The largest absolute Gasteiger partial charge is 0.468 e. The molecule has 1 aromatic carbocycles. The molecule has 1 amide bonds. The van der Waals surface area contributed by atoms with Crippen LogP contribution >= 0.6 is 34.9 Å². The van der Waals surface area contributed by atoms with Crippen LogP contribution in [0.3, 0.4) is 0 Å². The van der Waals surface area contributed by atoms with Crippen molar-refractivity contribution in [2.75, 3.05) is 18.2 Å². The van der Waals surface area contributed by atoms with E-state index < -0.39 is 0 Å². The standard InChI is InChI=1S/C15H17N3O3S3/c1-10(22-8-11-6-4-3-5-7-11)13(20)16-14-17-18-15(24-14)23-9-12(19)21-2/h3-7,10H,8-9H2,1-2H3,(H,16,17,20). The van der Waals surface area contributed by atoms with Crippen molar-refractivity contribution < 1.29 is 14.3 Å². The third-order valence-electron chi connectivity index (χ3n) is 2.89. The molecule has 6 nitrogen and oxygen atoms in total. The molecule has 0 bridgehead atoms. The molecule has 2 rings (SSSR count). The second-order valence-corrected chi connectivity index (χ2v) is 8.20. The number of anilines is 1. The highest BCUT2D eigenvalue weighted by atomic mass is 32.2. The number of carbonyl (C=O) groups excluding carboxylic acids is 2. The van der Waals surface area contributed by atoms with Gasteiger partial charge in [-0.25, -0.2) is 0 Å². The molecular weight excluding hydrogens is 366 g/mol. The maximum absolute atomic E-state index is 12.2. The molecule has 0 saturated heterocycles. The molecule has 128 valence electrons. The number of esters is 1. The van der Waals surface area contributed by atoms with E-state index in [-0.39, 0.29) is 22.9 Å². The van der Waals surface area contributed by atoms with Crippen LogP contribution in [0.15, 0.2) is 34.7 Å². The van der Waals surface area contributed by atoms with Crippen molar-refractivity contribution in [1.82, 2.24) is 10.2 Å². The number of ether oxygens (including phenoxy) is 1. The molecule has 0 spiro atoms. The minimum Gasteiger partial charge on any atom is -0.468 e. The number of benzene rings is 1. The van der Waals surface area contributed by atoms with Crippen LogP contribution in [0.5, 0.6) is 0 Å². The molecule has 2 aromatic rings. The van der Waals surface area contributed by atoms with Gasteiger partial charge in [-0.3, -0.25) is 14.9 Å². The van der Waals surface area contributed by atoms with Crippen molar-refractivity contribution in [2.24, 2.45) is 0 Å². The summed E-state index contributed by atoms with van der Waals surface area (Å²) in [5.74, 6) is 0.497. The van der Waals surface area contributed by atoms with E-state index in [0.717, 1.165) is 5.75 Å². The molecule has 1 aromatic heterocycles. The minimum atomic E-state index is -0.327. The summed E-state index contributed by atoms with van der Waals surface area (Å²) in [6.45, 7) is 1.86. The lowest BCUT2D eigenvalue weighted by atomic mass is 10.2. The number of nitrogens with one attached hydrogen (secondary N) is 1. The van der Waals surface area contributed by atoms with E-state index in [9.17, 15) is 9.59 Å². The molecule has 0 fully saturated rings. The van der Waals surface area contributed by atoms with Crippen molar-refractivity contribution in [3.05, 3.63) is 35.9 Å². The van der Waals surface area contributed by atoms with E-state index >= 15 is 0 Å². The summed E-state index contributed by atoms with van der Waals surface area (Å²) in [7, 11) is 1.34. The number of thioether (sulfide) groups is 2. The number of methoxy groups -OCH3 is 1. The van der Waals surface area contributed by atoms with Crippen LogP contribution in [-0.4, -0.2) is 40.2 Å². The first-order valence-corrected chi connectivity index (χ1v) is 9.93. The second kappa shape index (κ2) is 9.65. The molecule has 1 heterocycles. The zero-order valence-corrected chi connectivity index (χ0v) is 15.7. The summed E-state index contributed by atoms with van der Waals surface area (Å²) in [4.78, 5) is 23.3. The Balaban J connectivity index is 1.79. The SMILES string of the molecule is COC(=O)CSc1nnc(NC(=O)C(C)SCc2ccccc2)s1. The van der Waals surface area contributed by atoms with Gasteiger partial charge in [0.2, 0.25) is 11.0 Å². The van der Waals surface area contributed by atoms with Crippen molar-refractivity contribution in [1.29, 1.82) is 0 Å². The fourth-order valence-corrected chi connectivity index (χ4v) is 4.01. The van der Waals surface area contributed by atoms with E-state index in [1.54, 1.807) is 11.8 Å². The van der Waals surface area contributed by atoms with Gasteiger partial charge in [-0.1, -0.05) is 53.4 Å². The van der Waals surface area contributed by atoms with Crippen LogP contribution in [0.1, 0.15) is 12.5 Å². The number of nitrogens with zero attached hydrogens (tertiary/aromatic N) is 2. The zero-order chi connectivity index (χ0) is 17.4. The smallest absolute Gasteiger partial charge is 0.316 e. The van der Waals surface area contributed by atoms with Crippen LogP contribution in [0.2, 0.25) is 0 Å². The number of carbonyl (C=O) groups is 2. The number of hydrogen-bond donors (Lipinski definition) is 1. The summed E-state index contributed by atoms with van der Waals surface area (Å²) in [6, 6.07) is 10.0. The maximum Gasteiger partial charge on any atom is 0.316 e. The third kappa shape index (κ3) is 6.14. The van der Waals surface area contributed by atoms with Crippen molar-refractivity contribution >= 4 is 51.9 Å². The van der Waals surface area contributed by atoms with Gasteiger partial charge in [0.25, 0.3) is 0 Å². The second-order valence-electron chi connectivity index (χ2n) is 4.67. The Hall–Kier alpha value is -1.58. The molecule has 0 radical (unpaired) electrons. The molecule has 1 atom stereocenters. The molecule has 1 N–H and O–H groups in total. The average Bonchev–Trinajstić information content (AvgIpc) is 3.05. The summed E-state index contributed by atoms with van der Waals surface area (Å²) in [5, 5.41) is 10.8. The van der Waals surface area contributed by atoms with Gasteiger partial charge in [0, 0.05) is 5.75 Å². The Morgan fingerprint density at radius 1 is 1.29 bits per heavy atom. The third-order valence-corrected chi connectivity index (χ3v) is 6.05. The average molecular weight is 384 g/mol. The van der Waals surface area contributed by atoms with E-state index in [1.807, 2.05) is 37.3 Å². The van der Waals surface area contributed by atoms with Gasteiger partial charge in [0.1, 0.15) is 0 Å². The Labute approximate surface area is 152 Å². The van der Waals surface area contributed by atoms with Gasteiger partial charge in [0.05, 0.1) is 18.1 Å². The van der Waals surface area contributed by atoms with Crippen LogP contribution in [0.25, 0.3) is 0 Å². The first kappa shape index (κ1) is 18.8. The zero-order valence-electron chi connectivity index (χ0n) is 13.2. The first-order valence-electron chi connectivity index (χ1n) is 7.08. The minimum absolute atomic E-state index is 0.114. The Morgan fingerprint density at radius 2 is 2.04 bits per heavy atom. The van der Waals surface area contributed by atoms with Crippen molar-refractivity contribution in [2.45, 2.75) is 22.3 Å². The molecule has 0 aliphatic rings. The summed E-state index contributed by atoms with van der Waals surface area (Å²) < 4.78 is 5.17. The normalized spacial score (nSPS) is 11.8. The van der Waals surface area contributed by atoms with Gasteiger partial charge in [0.15, 0.2) is 4.34 Å². The van der Waals surface area contributed by atoms with Crippen LogP contribution in [0.4, 0.5) is 5.13 Å². The highest BCUT2D eigenvalue weighted by Crippen LogP contribution is 2.26. The number of rotatable bonds is 8. The van der Waals surface area contributed by atoms with E-state index in [2.05, 4.69) is 20.3 Å². The topological polar surface area (TPSA) is 81.2 Å². The van der Waals surface area contributed by atoms with Gasteiger partial charge in [-0.15, -0.1) is 22.0 Å². The molecular formula is C15H17N3O3S3. The fourth-order valence-electron chi connectivity index (χ4n) is 1.58. The fraction of sp³-hybridized carbons (Fsp3) is 0.333. The Kier molecular flexibility index (Phi) is 7.54. The quantitative estimate of drug-likeness (QED) is 0.426. The predicted octanol–water partition coefficient (Wildman–Crippen LogP) is 3.06. The number of hydrogen-bond acceptors (Lipinski definition) is 8. The molecule has 0 aliphatic carbocycles. The van der Waals surface area contributed by atoms with Gasteiger partial charge in [-0.05, 0) is 12.5 Å². The van der Waals surface area contributed by atoms with Gasteiger partial charge in [-0.2, -0.15) is 0 Å². The van der Waals surface area contributed by atoms with Crippen LogP contribution in [0, 0.1) is 0 Å². The molecule has 1 unspecified atom stereocenters. The van der Waals surface area contributed by atoms with E-state index in [4.69, 9.17) is 0 Å². The summed E-state index contributed by atoms with van der Waals surface area (Å²) in [5.41, 5.74) is 1.18. The predicted molar refractivity (Wildman–Crippen MR) is 98.5 cm³/mol. The lowest BCUT2D eigenvalue weighted by molar-refractivity contribution is -0.137. The molecule has 0 aliphatic heterocycles. The van der Waals surface area contributed by atoms with Crippen molar-refractivity contribution in [3.8, 4) is 0 Å². The van der Waals surface area contributed by atoms with E-state index in [0.29, 0.717) is 9.47 Å². The number of aromatic nitrogens is 2.